The third-order valence-electron chi connectivity index (χ3n) is 2.64. The molecule has 0 aliphatic carbocycles. The summed E-state index contributed by atoms with van der Waals surface area (Å²) in [6.45, 7) is 7.66. The first-order valence-electron chi connectivity index (χ1n) is 6.13. The summed E-state index contributed by atoms with van der Waals surface area (Å²) in [5.41, 5.74) is 0. The molecule has 0 heterocycles. The summed E-state index contributed by atoms with van der Waals surface area (Å²) in [7, 11) is 4.08. The summed E-state index contributed by atoms with van der Waals surface area (Å²) >= 11 is 0. The van der Waals surface area contributed by atoms with Gasteiger partial charge in [-0.3, -0.25) is 4.79 Å². The van der Waals surface area contributed by atoms with Crippen molar-refractivity contribution < 1.29 is 4.79 Å². The van der Waals surface area contributed by atoms with E-state index < -0.39 is 0 Å². The molecule has 16 heavy (non-hydrogen) atoms. The Balaban J connectivity index is 3.62. The molecule has 0 aromatic carbocycles. The lowest BCUT2D eigenvalue weighted by molar-refractivity contribution is -0.121. The second-order valence-corrected chi connectivity index (χ2v) is 4.75. The summed E-state index contributed by atoms with van der Waals surface area (Å²) in [6.07, 6.45) is 2.03. The van der Waals surface area contributed by atoms with Gasteiger partial charge in [-0.1, -0.05) is 6.92 Å². The van der Waals surface area contributed by atoms with Crippen molar-refractivity contribution in [1.29, 1.82) is 0 Å². The predicted molar refractivity (Wildman–Crippen MR) is 68.5 cm³/mol. The van der Waals surface area contributed by atoms with Crippen molar-refractivity contribution in [3.63, 3.8) is 0 Å². The molecule has 0 radical (unpaired) electrons. The molecule has 0 saturated carbocycles. The molecule has 0 fully saturated rings. The van der Waals surface area contributed by atoms with E-state index >= 15 is 0 Å². The van der Waals surface area contributed by atoms with Crippen LogP contribution >= 0.6 is 0 Å². The van der Waals surface area contributed by atoms with Crippen LogP contribution in [-0.4, -0.2) is 50.1 Å². The van der Waals surface area contributed by atoms with Crippen LogP contribution in [-0.2, 0) is 4.79 Å². The highest BCUT2D eigenvalue weighted by Crippen LogP contribution is 1.92. The lowest BCUT2D eigenvalue weighted by Gasteiger charge is -2.17. The van der Waals surface area contributed by atoms with E-state index in [0.717, 1.165) is 19.4 Å². The zero-order valence-corrected chi connectivity index (χ0v) is 11.3. The van der Waals surface area contributed by atoms with Crippen LogP contribution in [0.2, 0.25) is 0 Å². The van der Waals surface area contributed by atoms with E-state index in [0.29, 0.717) is 12.6 Å². The SMILES string of the molecule is CCC(C)NCC(=O)NC(C)CCN(C)C. The van der Waals surface area contributed by atoms with E-state index in [2.05, 4.69) is 29.4 Å². The normalized spacial score (nSPS) is 14.9. The van der Waals surface area contributed by atoms with Crippen LogP contribution in [0.1, 0.15) is 33.6 Å². The summed E-state index contributed by atoms with van der Waals surface area (Å²) in [5.74, 6) is 0.0894. The molecule has 0 bridgehead atoms. The molecule has 1 amide bonds. The van der Waals surface area contributed by atoms with Gasteiger partial charge in [0.05, 0.1) is 6.54 Å². The van der Waals surface area contributed by atoms with E-state index in [1.807, 2.05) is 21.0 Å². The van der Waals surface area contributed by atoms with Crippen molar-refractivity contribution in [2.75, 3.05) is 27.2 Å². The van der Waals surface area contributed by atoms with Crippen molar-refractivity contribution >= 4 is 5.91 Å². The van der Waals surface area contributed by atoms with Crippen LogP contribution in [0.3, 0.4) is 0 Å². The number of carbonyl (C=O) groups is 1. The average Bonchev–Trinajstić information content (AvgIpc) is 2.23. The number of hydrogen-bond donors (Lipinski definition) is 2. The molecule has 0 saturated heterocycles. The van der Waals surface area contributed by atoms with E-state index in [4.69, 9.17) is 0 Å². The Bertz CT molecular complexity index is 195. The van der Waals surface area contributed by atoms with E-state index in [1.54, 1.807) is 0 Å². The Kier molecular flexibility index (Phi) is 8.21. The second-order valence-electron chi connectivity index (χ2n) is 4.75. The minimum Gasteiger partial charge on any atom is -0.352 e. The highest BCUT2D eigenvalue weighted by atomic mass is 16.1. The van der Waals surface area contributed by atoms with Gasteiger partial charge < -0.3 is 15.5 Å². The topological polar surface area (TPSA) is 44.4 Å². The third-order valence-corrected chi connectivity index (χ3v) is 2.64. The van der Waals surface area contributed by atoms with E-state index in [-0.39, 0.29) is 11.9 Å². The molecule has 4 heteroatoms. The van der Waals surface area contributed by atoms with Crippen molar-refractivity contribution in [2.24, 2.45) is 0 Å². The lowest BCUT2D eigenvalue weighted by Crippen LogP contribution is -2.42. The van der Waals surface area contributed by atoms with E-state index in [1.165, 1.54) is 0 Å². The standard InChI is InChI=1S/C12H27N3O/c1-6-10(2)13-9-12(16)14-11(3)7-8-15(4)5/h10-11,13H,6-9H2,1-5H3,(H,14,16). The Morgan fingerprint density at radius 2 is 1.88 bits per heavy atom. The highest BCUT2D eigenvalue weighted by Gasteiger charge is 2.08. The molecule has 0 rings (SSSR count). The van der Waals surface area contributed by atoms with Crippen LogP contribution < -0.4 is 10.6 Å². The molecular formula is C12H27N3O. The largest absolute Gasteiger partial charge is 0.352 e. The second kappa shape index (κ2) is 8.53. The summed E-state index contributed by atoms with van der Waals surface area (Å²) in [5, 5.41) is 6.17. The lowest BCUT2D eigenvalue weighted by atomic mass is 10.2. The fraction of sp³-hybridized carbons (Fsp3) is 0.917. The van der Waals surface area contributed by atoms with Gasteiger partial charge in [-0.2, -0.15) is 0 Å². The van der Waals surface area contributed by atoms with Crippen molar-refractivity contribution in [2.45, 2.75) is 45.7 Å². The number of hydrogen-bond acceptors (Lipinski definition) is 3. The smallest absolute Gasteiger partial charge is 0.234 e. The number of carbonyl (C=O) groups excluding carboxylic acids is 1. The summed E-state index contributed by atoms with van der Waals surface area (Å²) in [6, 6.07) is 0.650. The van der Waals surface area contributed by atoms with Crippen LogP contribution in [0, 0.1) is 0 Å². The minimum atomic E-state index is 0.0894. The molecule has 96 valence electrons. The monoisotopic (exact) mass is 229 g/mol. The van der Waals surface area contributed by atoms with Crippen LogP contribution in [0.25, 0.3) is 0 Å². The molecule has 0 aliphatic rings. The van der Waals surface area contributed by atoms with Gasteiger partial charge in [0.1, 0.15) is 0 Å². The van der Waals surface area contributed by atoms with Crippen LogP contribution in [0.4, 0.5) is 0 Å². The maximum Gasteiger partial charge on any atom is 0.234 e. The molecule has 0 aromatic heterocycles. The van der Waals surface area contributed by atoms with E-state index in [9.17, 15) is 4.79 Å². The van der Waals surface area contributed by atoms with Crippen molar-refractivity contribution in [1.82, 2.24) is 15.5 Å². The summed E-state index contributed by atoms with van der Waals surface area (Å²) < 4.78 is 0. The van der Waals surface area contributed by atoms with Gasteiger partial charge in [-0.25, -0.2) is 0 Å². The van der Waals surface area contributed by atoms with Gasteiger partial charge in [-0.15, -0.1) is 0 Å². The first-order valence-corrected chi connectivity index (χ1v) is 6.13. The Morgan fingerprint density at radius 1 is 1.25 bits per heavy atom. The Labute approximate surface area is 99.8 Å². The maximum atomic E-state index is 11.5. The first kappa shape index (κ1) is 15.4. The molecule has 0 spiro atoms. The van der Waals surface area contributed by atoms with Gasteiger partial charge in [0.25, 0.3) is 0 Å². The molecule has 0 aromatic rings. The highest BCUT2D eigenvalue weighted by molar-refractivity contribution is 5.78. The predicted octanol–water partition coefficient (Wildman–Crippen LogP) is 0.831. The molecule has 2 atom stereocenters. The zero-order valence-electron chi connectivity index (χ0n) is 11.3. The molecule has 0 aliphatic heterocycles. The van der Waals surface area contributed by atoms with Gasteiger partial charge >= 0.3 is 0 Å². The van der Waals surface area contributed by atoms with Gasteiger partial charge in [0.15, 0.2) is 0 Å². The average molecular weight is 229 g/mol. The molecule has 2 unspecified atom stereocenters. The van der Waals surface area contributed by atoms with Crippen LogP contribution in [0.5, 0.6) is 0 Å². The summed E-state index contributed by atoms with van der Waals surface area (Å²) in [4.78, 5) is 13.7. The Morgan fingerprint density at radius 3 is 2.38 bits per heavy atom. The zero-order chi connectivity index (χ0) is 12.6. The molecule has 2 N–H and O–H groups in total. The van der Waals surface area contributed by atoms with Crippen molar-refractivity contribution in [3.05, 3.63) is 0 Å². The van der Waals surface area contributed by atoms with Gasteiger partial charge in [0, 0.05) is 12.1 Å². The maximum absolute atomic E-state index is 11.5. The number of amides is 1. The van der Waals surface area contributed by atoms with Crippen molar-refractivity contribution in [3.8, 4) is 0 Å². The quantitative estimate of drug-likeness (QED) is 0.648. The number of rotatable bonds is 8. The third kappa shape index (κ3) is 8.68. The Hall–Kier alpha value is -0.610. The fourth-order valence-corrected chi connectivity index (χ4v) is 1.26. The number of nitrogens with zero attached hydrogens (tertiary/aromatic N) is 1. The number of nitrogens with one attached hydrogen (secondary N) is 2. The first-order chi connectivity index (χ1) is 7.45. The molecular weight excluding hydrogens is 202 g/mol. The van der Waals surface area contributed by atoms with Crippen LogP contribution in [0.15, 0.2) is 0 Å². The van der Waals surface area contributed by atoms with Gasteiger partial charge in [0.2, 0.25) is 5.91 Å². The fourth-order valence-electron chi connectivity index (χ4n) is 1.26. The molecule has 4 nitrogen and oxygen atoms in total. The minimum absolute atomic E-state index is 0.0894. The van der Waals surface area contributed by atoms with Gasteiger partial charge in [-0.05, 0) is 47.3 Å².